The summed E-state index contributed by atoms with van der Waals surface area (Å²) in [5.41, 5.74) is -2.03. The van der Waals surface area contributed by atoms with Crippen molar-refractivity contribution in [2.45, 2.75) is 12.7 Å². The van der Waals surface area contributed by atoms with E-state index >= 15 is 0 Å². The number of alkyl halides is 3. The molecule has 0 spiro atoms. The fourth-order valence-corrected chi connectivity index (χ4v) is 3.24. The Labute approximate surface area is 171 Å². The van der Waals surface area contributed by atoms with E-state index in [0.29, 0.717) is 6.07 Å². The van der Waals surface area contributed by atoms with Crippen molar-refractivity contribution in [3.8, 4) is 11.8 Å². The third-order valence-corrected chi connectivity index (χ3v) is 4.77. The van der Waals surface area contributed by atoms with Gasteiger partial charge in [0.05, 0.1) is 35.0 Å². The first-order valence-corrected chi connectivity index (χ1v) is 8.80. The van der Waals surface area contributed by atoms with Crippen molar-refractivity contribution in [1.29, 1.82) is 5.26 Å². The molecule has 0 saturated heterocycles. The highest BCUT2D eigenvalue weighted by atomic mass is 19.4. The van der Waals surface area contributed by atoms with Crippen LogP contribution < -0.4 is 5.43 Å². The second-order valence-electron chi connectivity index (χ2n) is 6.71. The van der Waals surface area contributed by atoms with E-state index in [1.54, 1.807) is 6.07 Å². The molecule has 0 bridgehead atoms. The monoisotopic (exact) mass is 430 g/mol. The van der Waals surface area contributed by atoms with Crippen LogP contribution in [0.5, 0.6) is 0 Å². The third-order valence-electron chi connectivity index (χ3n) is 4.77. The van der Waals surface area contributed by atoms with Gasteiger partial charge in [0.25, 0.3) is 0 Å². The van der Waals surface area contributed by atoms with Crippen LogP contribution in [0.2, 0.25) is 0 Å². The molecule has 0 unspecified atom stereocenters. The van der Waals surface area contributed by atoms with Crippen LogP contribution in [0.4, 0.5) is 22.0 Å². The van der Waals surface area contributed by atoms with Gasteiger partial charge >= 0.3 is 6.18 Å². The fourth-order valence-electron chi connectivity index (χ4n) is 3.24. The van der Waals surface area contributed by atoms with Gasteiger partial charge in [-0.15, -0.1) is 0 Å². The van der Waals surface area contributed by atoms with E-state index in [9.17, 15) is 32.0 Å². The number of aromatic nitrogens is 3. The van der Waals surface area contributed by atoms with Gasteiger partial charge in [-0.05, 0) is 24.3 Å². The van der Waals surface area contributed by atoms with Crippen molar-refractivity contribution in [2.75, 3.05) is 0 Å². The standard InChI is InChI=1S/C21H11F5N4O/c22-16-5-14(21(24,25)26)2-1-12(16)9-30-10-13(8-27)20(31)15-6-17(23)19(7-18(15)30)29-4-3-28-11-29/h1-7,10-11H,9H2. The lowest BCUT2D eigenvalue weighted by molar-refractivity contribution is -0.137. The van der Waals surface area contributed by atoms with Crippen LogP contribution in [0.1, 0.15) is 16.7 Å². The van der Waals surface area contributed by atoms with Gasteiger partial charge in [0.2, 0.25) is 5.43 Å². The number of imidazole rings is 1. The molecule has 10 heteroatoms. The maximum absolute atomic E-state index is 14.6. The van der Waals surface area contributed by atoms with Gasteiger partial charge < -0.3 is 9.13 Å². The molecule has 0 N–H and O–H groups in total. The zero-order valence-corrected chi connectivity index (χ0v) is 15.5. The summed E-state index contributed by atoms with van der Waals surface area (Å²) in [6.07, 6.45) is 0.705. The predicted molar refractivity (Wildman–Crippen MR) is 101 cm³/mol. The Morgan fingerprint density at radius 1 is 1.10 bits per heavy atom. The number of hydrogen-bond acceptors (Lipinski definition) is 3. The Morgan fingerprint density at radius 3 is 2.48 bits per heavy atom. The van der Waals surface area contributed by atoms with Crippen LogP contribution >= 0.6 is 0 Å². The summed E-state index contributed by atoms with van der Waals surface area (Å²) >= 11 is 0. The highest BCUT2D eigenvalue weighted by Crippen LogP contribution is 2.30. The summed E-state index contributed by atoms with van der Waals surface area (Å²) in [5.74, 6) is -1.85. The molecule has 31 heavy (non-hydrogen) atoms. The molecule has 5 nitrogen and oxygen atoms in total. The van der Waals surface area contributed by atoms with Crippen molar-refractivity contribution in [3.05, 3.63) is 93.8 Å². The lowest BCUT2D eigenvalue weighted by Crippen LogP contribution is -2.15. The van der Waals surface area contributed by atoms with Crippen LogP contribution in [0, 0.1) is 23.0 Å². The first kappa shape index (κ1) is 20.3. The average Bonchev–Trinajstić information content (AvgIpc) is 3.25. The van der Waals surface area contributed by atoms with Crippen LogP contribution in [-0.2, 0) is 12.7 Å². The predicted octanol–water partition coefficient (Wildman–Crippen LogP) is 4.40. The molecule has 2 aromatic carbocycles. The first-order valence-electron chi connectivity index (χ1n) is 8.80. The smallest absolute Gasteiger partial charge is 0.341 e. The highest BCUT2D eigenvalue weighted by molar-refractivity contribution is 5.82. The van der Waals surface area contributed by atoms with E-state index in [1.165, 1.54) is 33.9 Å². The summed E-state index contributed by atoms with van der Waals surface area (Å²) in [6, 6.07) is 6.10. The van der Waals surface area contributed by atoms with Gasteiger partial charge in [-0.3, -0.25) is 4.79 Å². The minimum atomic E-state index is -4.70. The Morgan fingerprint density at radius 2 is 1.87 bits per heavy atom. The molecule has 0 radical (unpaired) electrons. The first-order chi connectivity index (χ1) is 14.7. The lowest BCUT2D eigenvalue weighted by Gasteiger charge is -2.15. The molecule has 4 aromatic rings. The SMILES string of the molecule is N#Cc1cn(Cc2ccc(C(F)(F)F)cc2F)c2cc(-n3ccnc3)c(F)cc2c1=O. The van der Waals surface area contributed by atoms with Gasteiger partial charge in [-0.25, -0.2) is 13.8 Å². The molecular formula is C21H11F5N4O. The fraction of sp³-hybridized carbons (Fsp3) is 0.0952. The van der Waals surface area contributed by atoms with Gasteiger partial charge in [0.1, 0.15) is 23.3 Å². The number of rotatable bonds is 3. The van der Waals surface area contributed by atoms with E-state index in [2.05, 4.69) is 4.98 Å². The number of nitriles is 1. The largest absolute Gasteiger partial charge is 0.416 e. The molecule has 0 saturated carbocycles. The quantitative estimate of drug-likeness (QED) is 0.453. The molecular weight excluding hydrogens is 419 g/mol. The summed E-state index contributed by atoms with van der Waals surface area (Å²) in [4.78, 5) is 16.4. The average molecular weight is 430 g/mol. The lowest BCUT2D eigenvalue weighted by atomic mass is 10.1. The zero-order valence-electron chi connectivity index (χ0n) is 15.5. The summed E-state index contributed by atoms with van der Waals surface area (Å²) in [6.45, 7) is -0.287. The van der Waals surface area contributed by atoms with Crippen LogP contribution in [-0.4, -0.2) is 14.1 Å². The van der Waals surface area contributed by atoms with E-state index < -0.39 is 28.8 Å². The molecule has 0 atom stereocenters. The summed E-state index contributed by atoms with van der Waals surface area (Å²) in [5, 5.41) is 9.14. The van der Waals surface area contributed by atoms with Gasteiger partial charge in [-0.1, -0.05) is 6.07 Å². The Balaban J connectivity index is 1.91. The van der Waals surface area contributed by atoms with Crippen molar-refractivity contribution in [1.82, 2.24) is 14.1 Å². The van der Waals surface area contributed by atoms with E-state index in [-0.39, 0.29) is 34.3 Å². The number of fused-ring (bicyclic) bond motifs is 1. The molecule has 0 fully saturated rings. The van der Waals surface area contributed by atoms with Crippen molar-refractivity contribution in [2.24, 2.45) is 0 Å². The molecule has 0 aliphatic carbocycles. The Hall–Kier alpha value is -4.00. The molecule has 2 aromatic heterocycles. The molecule has 0 aliphatic heterocycles. The molecule has 2 heterocycles. The molecule has 0 aliphatic rings. The zero-order chi connectivity index (χ0) is 22.3. The minimum absolute atomic E-state index is 0.0516. The van der Waals surface area contributed by atoms with Gasteiger partial charge in [0, 0.05) is 24.2 Å². The number of pyridine rings is 1. The maximum Gasteiger partial charge on any atom is 0.416 e. The topological polar surface area (TPSA) is 63.6 Å². The highest BCUT2D eigenvalue weighted by Gasteiger charge is 2.31. The van der Waals surface area contributed by atoms with Crippen LogP contribution in [0.25, 0.3) is 16.6 Å². The third kappa shape index (κ3) is 3.66. The number of halogens is 5. The number of hydrogen-bond donors (Lipinski definition) is 0. The number of nitrogens with zero attached hydrogens (tertiary/aromatic N) is 4. The second kappa shape index (κ2) is 7.36. The molecule has 4 rings (SSSR count). The van der Waals surface area contributed by atoms with Crippen LogP contribution in [0.3, 0.4) is 0 Å². The number of benzene rings is 2. The van der Waals surface area contributed by atoms with E-state index in [1.807, 2.05) is 0 Å². The van der Waals surface area contributed by atoms with Gasteiger partial charge in [-0.2, -0.15) is 18.4 Å². The van der Waals surface area contributed by atoms with Gasteiger partial charge in [0.15, 0.2) is 0 Å². The van der Waals surface area contributed by atoms with Crippen LogP contribution in [0.15, 0.2) is 60.0 Å². The normalized spacial score (nSPS) is 11.6. The minimum Gasteiger partial charge on any atom is -0.341 e. The van der Waals surface area contributed by atoms with Crippen molar-refractivity contribution in [3.63, 3.8) is 0 Å². The van der Waals surface area contributed by atoms with E-state index in [4.69, 9.17) is 0 Å². The van der Waals surface area contributed by atoms with E-state index in [0.717, 1.165) is 24.4 Å². The summed E-state index contributed by atoms with van der Waals surface area (Å²) < 4.78 is 70.1. The Kier molecular flexibility index (Phi) is 4.81. The second-order valence-corrected chi connectivity index (χ2v) is 6.71. The molecule has 0 amide bonds. The van der Waals surface area contributed by atoms with Crippen molar-refractivity contribution >= 4 is 10.9 Å². The maximum atomic E-state index is 14.6. The summed E-state index contributed by atoms with van der Waals surface area (Å²) in [7, 11) is 0. The Bertz CT molecular complexity index is 1400. The van der Waals surface area contributed by atoms with Crippen molar-refractivity contribution < 1.29 is 22.0 Å². The molecule has 156 valence electrons.